The molecule has 1 amide bonds. The van der Waals surface area contributed by atoms with Gasteiger partial charge in [-0.25, -0.2) is 17.6 Å². The average Bonchev–Trinajstić information content (AvgIpc) is 2.57. The van der Waals surface area contributed by atoms with E-state index in [0.29, 0.717) is 12.1 Å². The van der Waals surface area contributed by atoms with Crippen LogP contribution in [0.15, 0.2) is 18.2 Å². The van der Waals surface area contributed by atoms with Gasteiger partial charge >= 0.3 is 12.1 Å². The zero-order valence-electron chi connectivity index (χ0n) is 13.8. The highest BCUT2D eigenvalue weighted by atomic mass is 32.2. The molecule has 1 unspecified atom stereocenters. The molecule has 0 heterocycles. The maximum Gasteiger partial charge on any atom is 0.418 e. The molecule has 1 aromatic rings. The molecule has 0 bridgehead atoms. The molecule has 1 atom stereocenters. The molecule has 0 aliphatic heterocycles. The number of aliphatic hydroxyl groups excluding tert-OH is 1. The molecule has 1 rings (SSSR count). The van der Waals surface area contributed by atoms with Gasteiger partial charge in [0.2, 0.25) is 15.9 Å². The van der Waals surface area contributed by atoms with Gasteiger partial charge in [0, 0.05) is 6.42 Å². The summed E-state index contributed by atoms with van der Waals surface area (Å²) in [6, 6.07) is -0.0315. The fourth-order valence-corrected chi connectivity index (χ4v) is 2.94. The molecule has 0 spiro atoms. The van der Waals surface area contributed by atoms with E-state index in [2.05, 4.69) is 4.74 Å². The third-order valence-electron chi connectivity index (χ3n) is 3.15. The molecule has 27 heavy (non-hydrogen) atoms. The van der Waals surface area contributed by atoms with E-state index in [0.717, 1.165) is 7.11 Å². The minimum absolute atomic E-state index is 0.132. The van der Waals surface area contributed by atoms with E-state index in [1.165, 1.54) is 0 Å². The number of aliphatic hydroxyl groups is 1. The molecular formula is C14H16F4N2O6S. The number of carbonyl (C=O) groups is 2. The van der Waals surface area contributed by atoms with Gasteiger partial charge in [0.25, 0.3) is 0 Å². The van der Waals surface area contributed by atoms with E-state index in [9.17, 15) is 35.6 Å². The van der Waals surface area contributed by atoms with Crippen molar-refractivity contribution < 1.29 is 45.4 Å². The van der Waals surface area contributed by atoms with Crippen LogP contribution < -0.4 is 10.0 Å². The van der Waals surface area contributed by atoms with E-state index in [4.69, 9.17) is 5.11 Å². The number of ether oxygens (including phenoxy) is 1. The first kappa shape index (κ1) is 22.6. The zero-order chi connectivity index (χ0) is 20.8. The highest BCUT2D eigenvalue weighted by Gasteiger charge is 2.35. The van der Waals surface area contributed by atoms with Crippen molar-refractivity contribution in [1.82, 2.24) is 5.32 Å². The van der Waals surface area contributed by atoms with Crippen LogP contribution in [0, 0.1) is 5.82 Å². The quantitative estimate of drug-likeness (QED) is 0.422. The minimum Gasteiger partial charge on any atom is -0.467 e. The molecule has 0 saturated carbocycles. The summed E-state index contributed by atoms with van der Waals surface area (Å²) in [6.45, 7) is -0.798. The Morgan fingerprint density at radius 2 is 1.93 bits per heavy atom. The number of nitrogens with one attached hydrogen (secondary N) is 2. The summed E-state index contributed by atoms with van der Waals surface area (Å²) in [6.07, 6.45) is -5.72. The number of benzene rings is 1. The van der Waals surface area contributed by atoms with Gasteiger partial charge in [-0.3, -0.25) is 9.52 Å². The van der Waals surface area contributed by atoms with Crippen molar-refractivity contribution in [2.24, 2.45) is 0 Å². The number of alkyl halides is 3. The molecule has 0 saturated heterocycles. The summed E-state index contributed by atoms with van der Waals surface area (Å²) in [5, 5.41) is 11.0. The van der Waals surface area contributed by atoms with Gasteiger partial charge in [0.15, 0.2) is 6.04 Å². The Hall–Kier alpha value is -2.41. The Balaban J connectivity index is 2.81. The van der Waals surface area contributed by atoms with Crippen molar-refractivity contribution in [3.8, 4) is 0 Å². The van der Waals surface area contributed by atoms with Crippen LogP contribution in [0.4, 0.5) is 23.2 Å². The average molecular weight is 416 g/mol. The number of carbonyl (C=O) groups excluding carboxylic acids is 2. The number of hydrogen-bond donors (Lipinski definition) is 3. The summed E-state index contributed by atoms with van der Waals surface area (Å²) in [5.74, 6) is -4.05. The van der Waals surface area contributed by atoms with Crippen molar-refractivity contribution in [1.29, 1.82) is 0 Å². The second kappa shape index (κ2) is 8.99. The van der Waals surface area contributed by atoms with Crippen LogP contribution in [0.25, 0.3) is 0 Å². The largest absolute Gasteiger partial charge is 0.467 e. The van der Waals surface area contributed by atoms with Crippen molar-refractivity contribution in [3.63, 3.8) is 0 Å². The molecule has 0 fully saturated rings. The predicted molar refractivity (Wildman–Crippen MR) is 84.5 cm³/mol. The van der Waals surface area contributed by atoms with Crippen molar-refractivity contribution in [3.05, 3.63) is 29.6 Å². The molecule has 0 aliphatic carbocycles. The number of halogens is 4. The lowest BCUT2D eigenvalue weighted by atomic mass is 10.2. The van der Waals surface area contributed by atoms with Gasteiger partial charge in [0.1, 0.15) is 5.82 Å². The lowest BCUT2D eigenvalue weighted by molar-refractivity contribution is -0.146. The van der Waals surface area contributed by atoms with Gasteiger partial charge in [0.05, 0.1) is 30.7 Å². The molecule has 152 valence electrons. The van der Waals surface area contributed by atoms with Gasteiger partial charge in [-0.1, -0.05) is 0 Å². The van der Waals surface area contributed by atoms with Crippen LogP contribution in [-0.2, 0) is 30.5 Å². The molecular weight excluding hydrogens is 400 g/mol. The third kappa shape index (κ3) is 7.02. The minimum atomic E-state index is -5.01. The van der Waals surface area contributed by atoms with E-state index in [-0.39, 0.29) is 6.07 Å². The number of rotatable bonds is 8. The topological polar surface area (TPSA) is 122 Å². The molecule has 3 N–H and O–H groups in total. The van der Waals surface area contributed by atoms with Gasteiger partial charge in [-0.15, -0.1) is 0 Å². The summed E-state index contributed by atoms with van der Waals surface area (Å²) < 4.78 is 81.4. The Morgan fingerprint density at radius 1 is 1.30 bits per heavy atom. The summed E-state index contributed by atoms with van der Waals surface area (Å²) in [7, 11) is -3.40. The number of sulfonamides is 1. The SMILES string of the molecule is COC(=O)C(CO)NC(=O)CCS(=O)(=O)Nc1ccc(F)cc1C(F)(F)F. The van der Waals surface area contributed by atoms with Crippen molar-refractivity contribution in [2.45, 2.75) is 18.6 Å². The normalized spacial score (nSPS) is 13.0. The van der Waals surface area contributed by atoms with E-state index < -0.39 is 70.0 Å². The van der Waals surface area contributed by atoms with Crippen molar-refractivity contribution in [2.75, 3.05) is 24.2 Å². The first-order valence-corrected chi connectivity index (χ1v) is 8.90. The van der Waals surface area contributed by atoms with E-state index >= 15 is 0 Å². The number of esters is 1. The monoisotopic (exact) mass is 416 g/mol. The van der Waals surface area contributed by atoms with Gasteiger partial charge < -0.3 is 15.2 Å². The van der Waals surface area contributed by atoms with E-state index in [1.807, 2.05) is 5.32 Å². The molecule has 0 radical (unpaired) electrons. The van der Waals surface area contributed by atoms with Crippen molar-refractivity contribution >= 4 is 27.6 Å². The van der Waals surface area contributed by atoms with Gasteiger partial charge in [-0.05, 0) is 18.2 Å². The molecule has 13 heteroatoms. The second-order valence-corrected chi connectivity index (χ2v) is 7.03. The first-order chi connectivity index (χ1) is 12.4. The fourth-order valence-electron chi connectivity index (χ4n) is 1.87. The van der Waals surface area contributed by atoms with Crippen LogP contribution in [0.3, 0.4) is 0 Å². The van der Waals surface area contributed by atoms with Gasteiger partial charge in [-0.2, -0.15) is 13.2 Å². The second-order valence-electron chi connectivity index (χ2n) is 5.18. The highest BCUT2D eigenvalue weighted by molar-refractivity contribution is 7.92. The smallest absolute Gasteiger partial charge is 0.418 e. The number of anilines is 1. The molecule has 8 nitrogen and oxygen atoms in total. The number of hydrogen-bond acceptors (Lipinski definition) is 6. The fraction of sp³-hybridized carbons (Fsp3) is 0.429. The Labute approximate surface area is 151 Å². The lowest BCUT2D eigenvalue weighted by Crippen LogP contribution is -2.44. The highest BCUT2D eigenvalue weighted by Crippen LogP contribution is 2.35. The first-order valence-electron chi connectivity index (χ1n) is 7.25. The number of methoxy groups -OCH3 is 1. The van der Waals surface area contributed by atoms with Crippen LogP contribution >= 0.6 is 0 Å². The number of amides is 1. The molecule has 1 aromatic carbocycles. The summed E-state index contributed by atoms with van der Waals surface area (Å²) in [4.78, 5) is 22.9. The molecule has 0 aliphatic rings. The predicted octanol–water partition coefficient (Wildman–Crippen LogP) is 0.626. The van der Waals surface area contributed by atoms with Crippen LogP contribution in [-0.4, -0.2) is 50.9 Å². The lowest BCUT2D eigenvalue weighted by Gasteiger charge is -2.16. The summed E-state index contributed by atoms with van der Waals surface area (Å²) >= 11 is 0. The maximum absolute atomic E-state index is 13.0. The zero-order valence-corrected chi connectivity index (χ0v) is 14.7. The standard InChI is InChI=1S/C14H16F4N2O6S/c1-26-13(23)11(7-21)19-12(22)4-5-27(24,25)20-10-3-2-8(15)6-9(10)14(16,17)18/h2-3,6,11,20-21H,4-5,7H2,1H3,(H,19,22). The van der Waals surface area contributed by atoms with Crippen LogP contribution in [0.1, 0.15) is 12.0 Å². The Bertz CT molecular complexity index is 797. The Kier molecular flexibility index (Phi) is 7.54. The van der Waals surface area contributed by atoms with Crippen LogP contribution in [0.2, 0.25) is 0 Å². The Morgan fingerprint density at radius 3 is 2.44 bits per heavy atom. The van der Waals surface area contributed by atoms with Crippen LogP contribution in [0.5, 0.6) is 0 Å². The summed E-state index contributed by atoms with van der Waals surface area (Å²) in [5.41, 5.74) is -2.42. The van der Waals surface area contributed by atoms with E-state index in [1.54, 1.807) is 4.72 Å². The third-order valence-corrected chi connectivity index (χ3v) is 4.43. The molecule has 0 aromatic heterocycles. The maximum atomic E-state index is 13.0.